The molecule has 2 aliphatic rings. The van der Waals surface area contributed by atoms with Crippen molar-refractivity contribution in [3.8, 4) is 45.3 Å². The van der Waals surface area contributed by atoms with Gasteiger partial charge in [0.05, 0.1) is 5.41 Å². The Morgan fingerprint density at radius 1 is 0.517 bits per heavy atom. The van der Waals surface area contributed by atoms with Crippen molar-refractivity contribution in [1.29, 1.82) is 0 Å². The minimum atomic E-state index is -0.520. The summed E-state index contributed by atoms with van der Waals surface area (Å²) in [6.07, 6.45) is 2.36. The van der Waals surface area contributed by atoms with Crippen LogP contribution in [-0.2, 0) is 5.41 Å². The molecule has 0 bridgehead atoms. The lowest BCUT2D eigenvalue weighted by atomic mass is 9.68. The molecule has 0 saturated carbocycles. The molecule has 0 radical (unpaired) electrons. The van der Waals surface area contributed by atoms with Gasteiger partial charge >= 0.3 is 0 Å². The Kier molecular flexibility index (Phi) is 8.67. The van der Waals surface area contributed by atoms with Crippen LogP contribution >= 0.6 is 0 Å². The number of rotatable bonds is 8. The summed E-state index contributed by atoms with van der Waals surface area (Å²) < 4.78 is 13.6. The van der Waals surface area contributed by atoms with Crippen molar-refractivity contribution >= 4 is 16.5 Å². The monoisotopic (exact) mass is 771 g/mol. The van der Waals surface area contributed by atoms with Crippen LogP contribution in [0.4, 0.5) is 0 Å². The molecule has 0 saturated heterocycles. The Labute approximate surface area is 350 Å². The van der Waals surface area contributed by atoms with Gasteiger partial charge in [-0.1, -0.05) is 194 Å². The maximum absolute atomic E-state index is 7.00. The van der Waals surface area contributed by atoms with E-state index in [0.29, 0.717) is 17.2 Å². The quantitative estimate of drug-likeness (QED) is 0.167. The smallest absolute Gasteiger partial charge is 0.178 e. The van der Waals surface area contributed by atoms with Crippen LogP contribution in [0.2, 0.25) is 0 Å². The fourth-order valence-corrected chi connectivity index (χ4v) is 9.62. The molecular formula is C57H41NO2. The minimum Gasteiger partial charge on any atom is -0.449 e. The summed E-state index contributed by atoms with van der Waals surface area (Å²) in [6, 6.07) is 75.7. The van der Waals surface area contributed by atoms with E-state index < -0.39 is 5.41 Å². The first-order valence-corrected chi connectivity index (χ1v) is 20.6. The van der Waals surface area contributed by atoms with Crippen molar-refractivity contribution in [3.05, 3.63) is 257 Å². The molecule has 1 atom stereocenters. The molecular weight excluding hydrogens is 731 g/mol. The molecule has 1 heterocycles. The zero-order valence-corrected chi connectivity index (χ0v) is 33.2. The SMILES string of the molecule is CN/C(=C\C(c1ccccc1)c1cccc2ccccc12)c1ccc(-c2ccc3c(c2)Oc2c(ccc4c2-c2ccccc2C4(c2ccccc2)c2ccccc2)O3)cc1. The Hall–Kier alpha value is -7.62. The van der Waals surface area contributed by atoms with Gasteiger partial charge in [-0.05, 0) is 90.7 Å². The van der Waals surface area contributed by atoms with Crippen LogP contribution in [0.3, 0.4) is 0 Å². The molecule has 1 aliphatic carbocycles. The normalized spacial score (nSPS) is 13.8. The number of hydrogen-bond donors (Lipinski definition) is 1. The van der Waals surface area contributed by atoms with Crippen molar-refractivity contribution in [3.63, 3.8) is 0 Å². The molecule has 3 heteroatoms. The van der Waals surface area contributed by atoms with Crippen LogP contribution in [0, 0.1) is 0 Å². The maximum Gasteiger partial charge on any atom is 0.178 e. The molecule has 0 fully saturated rings. The Morgan fingerprint density at radius 2 is 1.15 bits per heavy atom. The predicted octanol–water partition coefficient (Wildman–Crippen LogP) is 14.2. The third-order valence-electron chi connectivity index (χ3n) is 12.4. The minimum absolute atomic E-state index is 0.0547. The summed E-state index contributed by atoms with van der Waals surface area (Å²) >= 11 is 0. The summed E-state index contributed by atoms with van der Waals surface area (Å²) in [5.74, 6) is 2.92. The highest BCUT2D eigenvalue weighted by Crippen LogP contribution is 2.62. The molecule has 1 N–H and O–H groups in total. The Balaban J connectivity index is 0.958. The molecule has 9 aromatic rings. The van der Waals surface area contributed by atoms with Crippen molar-refractivity contribution in [2.75, 3.05) is 7.05 Å². The second-order valence-corrected chi connectivity index (χ2v) is 15.6. The van der Waals surface area contributed by atoms with E-state index in [1.165, 1.54) is 44.2 Å². The van der Waals surface area contributed by atoms with Crippen molar-refractivity contribution in [1.82, 2.24) is 5.32 Å². The number of benzene rings is 9. The average Bonchev–Trinajstić information content (AvgIpc) is 3.63. The largest absolute Gasteiger partial charge is 0.449 e. The molecule has 286 valence electrons. The van der Waals surface area contributed by atoms with Gasteiger partial charge in [-0.2, -0.15) is 0 Å². The maximum atomic E-state index is 7.00. The van der Waals surface area contributed by atoms with E-state index in [1.54, 1.807) is 0 Å². The highest BCUT2D eigenvalue weighted by molar-refractivity contribution is 5.92. The first-order chi connectivity index (χ1) is 29.7. The average molecular weight is 772 g/mol. The molecule has 1 aliphatic heterocycles. The number of allylic oxidation sites excluding steroid dienone is 1. The van der Waals surface area contributed by atoms with Crippen LogP contribution in [-0.4, -0.2) is 7.05 Å². The molecule has 3 nitrogen and oxygen atoms in total. The second kappa shape index (κ2) is 14.6. The number of hydrogen-bond acceptors (Lipinski definition) is 3. The molecule has 11 rings (SSSR count). The van der Waals surface area contributed by atoms with Gasteiger partial charge in [-0.15, -0.1) is 0 Å². The van der Waals surface area contributed by atoms with E-state index in [4.69, 9.17) is 9.47 Å². The van der Waals surface area contributed by atoms with Crippen LogP contribution in [0.5, 0.6) is 23.0 Å². The highest BCUT2D eigenvalue weighted by atomic mass is 16.6. The van der Waals surface area contributed by atoms with Crippen LogP contribution in [0.1, 0.15) is 44.9 Å². The zero-order valence-electron chi connectivity index (χ0n) is 33.2. The Bertz CT molecular complexity index is 3020. The van der Waals surface area contributed by atoms with Gasteiger partial charge < -0.3 is 14.8 Å². The summed E-state index contributed by atoms with van der Waals surface area (Å²) in [5.41, 5.74) is 13.4. The van der Waals surface area contributed by atoms with Crippen molar-refractivity contribution < 1.29 is 9.47 Å². The fourth-order valence-electron chi connectivity index (χ4n) is 9.62. The van der Waals surface area contributed by atoms with Crippen LogP contribution < -0.4 is 14.8 Å². The zero-order chi connectivity index (χ0) is 40.0. The first kappa shape index (κ1) is 35.5. The highest BCUT2D eigenvalue weighted by Gasteiger charge is 2.48. The van der Waals surface area contributed by atoms with Crippen molar-refractivity contribution in [2.45, 2.75) is 11.3 Å². The topological polar surface area (TPSA) is 30.5 Å². The Morgan fingerprint density at radius 3 is 1.90 bits per heavy atom. The van der Waals surface area contributed by atoms with Crippen LogP contribution in [0.25, 0.3) is 38.7 Å². The van der Waals surface area contributed by atoms with Gasteiger partial charge in [0.1, 0.15) is 0 Å². The summed E-state index contributed by atoms with van der Waals surface area (Å²) in [6.45, 7) is 0. The van der Waals surface area contributed by atoms with Gasteiger partial charge in [0.25, 0.3) is 0 Å². The number of ether oxygens (including phenoxy) is 2. The van der Waals surface area contributed by atoms with E-state index in [-0.39, 0.29) is 5.92 Å². The summed E-state index contributed by atoms with van der Waals surface area (Å²) in [5, 5.41) is 6.03. The lowest BCUT2D eigenvalue weighted by molar-refractivity contribution is 0.360. The standard InChI is InChI=1S/C57H41NO2/c1-58-51(37-48(40-16-5-2-6-17-40)46-26-15-19-39-18-11-12-24-45(39)46)41-30-28-38(29-31-41)42-32-34-52-54(36-42)60-56-53(59-52)35-33-50-55(56)47-25-13-14-27-49(47)57(50,43-20-7-3-8-21-43)44-22-9-4-10-23-44/h2-37,48,58H,1H3/b51-37-. The van der Waals surface area contributed by atoms with Gasteiger partial charge in [0.15, 0.2) is 23.0 Å². The fraction of sp³-hybridized carbons (Fsp3) is 0.0526. The van der Waals surface area contributed by atoms with E-state index in [1.807, 2.05) is 13.1 Å². The molecule has 60 heavy (non-hydrogen) atoms. The van der Waals surface area contributed by atoms with E-state index >= 15 is 0 Å². The van der Waals surface area contributed by atoms with Gasteiger partial charge in [0, 0.05) is 24.2 Å². The third kappa shape index (κ3) is 5.73. The molecule has 0 amide bonds. The lowest BCUT2D eigenvalue weighted by Gasteiger charge is -2.34. The molecule has 0 spiro atoms. The van der Waals surface area contributed by atoms with Gasteiger partial charge in [-0.25, -0.2) is 0 Å². The van der Waals surface area contributed by atoms with Crippen LogP contribution in [0.15, 0.2) is 218 Å². The second-order valence-electron chi connectivity index (χ2n) is 15.6. The lowest BCUT2D eigenvalue weighted by Crippen LogP contribution is -2.28. The number of fused-ring (bicyclic) bond motifs is 7. The van der Waals surface area contributed by atoms with Crippen molar-refractivity contribution in [2.24, 2.45) is 0 Å². The third-order valence-corrected chi connectivity index (χ3v) is 12.4. The summed E-state index contributed by atoms with van der Waals surface area (Å²) in [4.78, 5) is 0. The molecule has 1 unspecified atom stereocenters. The van der Waals surface area contributed by atoms with E-state index in [0.717, 1.165) is 39.3 Å². The number of nitrogens with one attached hydrogen (secondary N) is 1. The summed E-state index contributed by atoms with van der Waals surface area (Å²) in [7, 11) is 2.00. The molecule has 9 aromatic carbocycles. The molecule has 0 aromatic heterocycles. The van der Waals surface area contributed by atoms with E-state index in [9.17, 15) is 0 Å². The van der Waals surface area contributed by atoms with Gasteiger partial charge in [0.2, 0.25) is 0 Å². The van der Waals surface area contributed by atoms with Gasteiger partial charge in [-0.3, -0.25) is 0 Å². The first-order valence-electron chi connectivity index (χ1n) is 20.6. The predicted molar refractivity (Wildman–Crippen MR) is 245 cm³/mol. The van der Waals surface area contributed by atoms with E-state index in [2.05, 4.69) is 218 Å².